The zero-order valence-corrected chi connectivity index (χ0v) is 17.4. The second-order valence-corrected chi connectivity index (χ2v) is 7.98. The predicted octanol–water partition coefficient (Wildman–Crippen LogP) is 2.64. The summed E-state index contributed by atoms with van der Waals surface area (Å²) in [6.45, 7) is 7.02. The van der Waals surface area contributed by atoms with E-state index in [-0.39, 0.29) is 24.0 Å². The van der Waals surface area contributed by atoms with E-state index in [4.69, 9.17) is 9.47 Å². The Bertz CT molecular complexity index is 475. The number of hydrogen-bond donors (Lipinski definition) is 1. The molecule has 4 aliphatic rings. The molecule has 0 aromatic rings. The van der Waals surface area contributed by atoms with Crippen molar-refractivity contribution in [3.8, 4) is 0 Å². The number of hydrogen-bond acceptors (Lipinski definition) is 3. The van der Waals surface area contributed by atoms with Gasteiger partial charge in [0.1, 0.15) is 0 Å². The SMILES string of the molecule is CCOC1CC(NC(=NC)N2CCC3(CCOC3)C2)C12CCC2.I. The van der Waals surface area contributed by atoms with E-state index in [1.807, 2.05) is 7.05 Å². The van der Waals surface area contributed by atoms with Crippen LogP contribution in [-0.2, 0) is 9.47 Å². The van der Waals surface area contributed by atoms with Crippen LogP contribution in [0.25, 0.3) is 0 Å². The van der Waals surface area contributed by atoms with Crippen molar-refractivity contribution in [3.63, 3.8) is 0 Å². The summed E-state index contributed by atoms with van der Waals surface area (Å²) in [5, 5.41) is 3.79. The lowest BCUT2D eigenvalue weighted by atomic mass is 9.51. The Morgan fingerprint density at radius 2 is 2.17 bits per heavy atom. The molecule has 0 amide bonds. The van der Waals surface area contributed by atoms with Gasteiger partial charge in [-0.25, -0.2) is 0 Å². The minimum Gasteiger partial charge on any atom is -0.381 e. The van der Waals surface area contributed by atoms with E-state index in [9.17, 15) is 0 Å². The van der Waals surface area contributed by atoms with E-state index >= 15 is 0 Å². The molecule has 6 heteroatoms. The van der Waals surface area contributed by atoms with Crippen LogP contribution in [0.1, 0.15) is 45.4 Å². The molecule has 138 valence electrons. The largest absolute Gasteiger partial charge is 0.381 e. The number of ether oxygens (including phenoxy) is 2. The van der Waals surface area contributed by atoms with Gasteiger partial charge >= 0.3 is 0 Å². The standard InChI is InChI=1S/C18H31N3O2.HI/c1-3-23-15-11-14(18(15)5-4-6-18)20-16(19-2)21-9-7-17(12-21)8-10-22-13-17;/h14-15H,3-13H2,1-2H3,(H,19,20);1H. The third-order valence-electron chi connectivity index (χ3n) is 6.88. The molecule has 1 N–H and O–H groups in total. The topological polar surface area (TPSA) is 46.1 Å². The summed E-state index contributed by atoms with van der Waals surface area (Å²) in [6, 6.07) is 0.544. The molecule has 4 rings (SSSR count). The Kier molecular flexibility index (Phi) is 5.67. The lowest BCUT2D eigenvalue weighted by Crippen LogP contribution is -2.68. The van der Waals surface area contributed by atoms with Gasteiger partial charge in [-0.15, -0.1) is 24.0 Å². The molecule has 4 fully saturated rings. The molecule has 5 nitrogen and oxygen atoms in total. The van der Waals surface area contributed by atoms with Gasteiger partial charge in [0.2, 0.25) is 0 Å². The quantitative estimate of drug-likeness (QED) is 0.409. The van der Waals surface area contributed by atoms with Gasteiger partial charge in [0.25, 0.3) is 0 Å². The minimum atomic E-state index is 0. The van der Waals surface area contributed by atoms with E-state index in [2.05, 4.69) is 22.1 Å². The molecule has 2 saturated heterocycles. The van der Waals surface area contributed by atoms with Gasteiger partial charge in [-0.1, -0.05) is 6.42 Å². The molecule has 3 atom stereocenters. The van der Waals surface area contributed by atoms with Gasteiger partial charge in [-0.3, -0.25) is 4.99 Å². The summed E-state index contributed by atoms with van der Waals surface area (Å²) in [5.74, 6) is 1.10. The molecule has 24 heavy (non-hydrogen) atoms. The first kappa shape index (κ1) is 18.7. The van der Waals surface area contributed by atoms with E-state index in [1.54, 1.807) is 0 Å². The lowest BCUT2D eigenvalue weighted by molar-refractivity contribution is -0.168. The molecule has 2 spiro atoms. The van der Waals surface area contributed by atoms with E-state index in [0.717, 1.165) is 45.3 Å². The van der Waals surface area contributed by atoms with Crippen LogP contribution in [0.5, 0.6) is 0 Å². The van der Waals surface area contributed by atoms with Crippen LogP contribution in [0.15, 0.2) is 4.99 Å². The average Bonchev–Trinajstić information content (AvgIpc) is 3.11. The fourth-order valence-corrected chi connectivity index (χ4v) is 5.18. The number of likely N-dealkylation sites (tertiary alicyclic amines) is 1. The van der Waals surface area contributed by atoms with E-state index < -0.39 is 0 Å². The van der Waals surface area contributed by atoms with Gasteiger partial charge in [0.05, 0.1) is 12.7 Å². The fraction of sp³-hybridized carbons (Fsp3) is 0.944. The van der Waals surface area contributed by atoms with Crippen LogP contribution in [0.2, 0.25) is 0 Å². The zero-order valence-electron chi connectivity index (χ0n) is 15.1. The smallest absolute Gasteiger partial charge is 0.193 e. The molecule has 0 radical (unpaired) electrons. The molecule has 2 saturated carbocycles. The third kappa shape index (κ3) is 2.96. The molecule has 2 heterocycles. The molecule has 2 aliphatic heterocycles. The number of guanidine groups is 1. The maximum Gasteiger partial charge on any atom is 0.193 e. The highest BCUT2D eigenvalue weighted by atomic mass is 127. The molecule has 0 aromatic carbocycles. The van der Waals surface area contributed by atoms with Crippen molar-refractivity contribution in [2.24, 2.45) is 15.8 Å². The van der Waals surface area contributed by atoms with Gasteiger partial charge in [-0.05, 0) is 39.0 Å². The van der Waals surface area contributed by atoms with Crippen molar-refractivity contribution in [1.82, 2.24) is 10.2 Å². The third-order valence-corrected chi connectivity index (χ3v) is 6.88. The first-order valence-electron chi connectivity index (χ1n) is 9.39. The van der Waals surface area contributed by atoms with Crippen LogP contribution in [0.4, 0.5) is 0 Å². The number of halogens is 1. The maximum absolute atomic E-state index is 5.97. The molecular formula is C18H32IN3O2. The summed E-state index contributed by atoms with van der Waals surface area (Å²) in [7, 11) is 1.92. The molecule has 0 bridgehead atoms. The summed E-state index contributed by atoms with van der Waals surface area (Å²) in [6.07, 6.45) is 8.02. The maximum atomic E-state index is 5.97. The van der Waals surface area contributed by atoms with E-state index in [0.29, 0.717) is 23.0 Å². The summed E-state index contributed by atoms with van der Waals surface area (Å²) < 4.78 is 11.6. The minimum absolute atomic E-state index is 0. The highest BCUT2D eigenvalue weighted by Gasteiger charge is 2.59. The van der Waals surface area contributed by atoms with Gasteiger partial charge in [-0.2, -0.15) is 0 Å². The predicted molar refractivity (Wildman–Crippen MR) is 106 cm³/mol. The van der Waals surface area contributed by atoms with Crippen LogP contribution in [0, 0.1) is 10.8 Å². The monoisotopic (exact) mass is 449 g/mol. The Morgan fingerprint density at radius 3 is 2.75 bits per heavy atom. The second-order valence-electron chi connectivity index (χ2n) is 7.98. The van der Waals surface area contributed by atoms with Crippen LogP contribution >= 0.6 is 24.0 Å². The van der Waals surface area contributed by atoms with Crippen LogP contribution in [-0.4, -0.2) is 63.0 Å². The Labute approximate surface area is 162 Å². The number of rotatable bonds is 3. The van der Waals surface area contributed by atoms with Crippen molar-refractivity contribution < 1.29 is 9.47 Å². The van der Waals surface area contributed by atoms with Crippen molar-refractivity contribution in [3.05, 3.63) is 0 Å². The lowest BCUT2D eigenvalue weighted by Gasteiger charge is -2.61. The molecule has 3 unspecified atom stereocenters. The Balaban J connectivity index is 0.00000169. The second kappa shape index (κ2) is 7.27. The summed E-state index contributed by atoms with van der Waals surface area (Å²) >= 11 is 0. The molecular weight excluding hydrogens is 417 g/mol. The van der Waals surface area contributed by atoms with Crippen molar-refractivity contribution in [1.29, 1.82) is 0 Å². The summed E-state index contributed by atoms with van der Waals surface area (Å²) in [5.41, 5.74) is 0.777. The highest BCUT2D eigenvalue weighted by Crippen LogP contribution is 2.57. The zero-order chi connectivity index (χ0) is 15.9. The Morgan fingerprint density at radius 1 is 1.33 bits per heavy atom. The van der Waals surface area contributed by atoms with Crippen molar-refractivity contribution in [2.45, 2.75) is 57.6 Å². The fourth-order valence-electron chi connectivity index (χ4n) is 5.18. The average molecular weight is 449 g/mol. The number of aliphatic imine (C=N–C) groups is 1. The molecule has 0 aromatic heterocycles. The molecule has 2 aliphatic carbocycles. The number of nitrogens with zero attached hydrogens (tertiary/aromatic N) is 2. The Hall–Kier alpha value is -0.0800. The van der Waals surface area contributed by atoms with Crippen molar-refractivity contribution in [2.75, 3.05) is 40.0 Å². The number of nitrogens with one attached hydrogen (secondary N) is 1. The van der Waals surface area contributed by atoms with Gasteiger partial charge < -0.3 is 19.7 Å². The normalized spacial score (nSPS) is 37.2. The van der Waals surface area contributed by atoms with E-state index in [1.165, 1.54) is 32.1 Å². The first-order valence-corrected chi connectivity index (χ1v) is 9.39. The van der Waals surface area contributed by atoms with Crippen molar-refractivity contribution >= 4 is 29.9 Å². The van der Waals surface area contributed by atoms with Crippen LogP contribution < -0.4 is 5.32 Å². The first-order chi connectivity index (χ1) is 11.2. The van der Waals surface area contributed by atoms with Gasteiger partial charge in [0.15, 0.2) is 5.96 Å². The van der Waals surface area contributed by atoms with Crippen LogP contribution in [0.3, 0.4) is 0 Å². The summed E-state index contributed by atoms with van der Waals surface area (Å²) in [4.78, 5) is 7.04. The van der Waals surface area contributed by atoms with Gasteiger partial charge in [0, 0.05) is 50.2 Å². The highest BCUT2D eigenvalue weighted by molar-refractivity contribution is 14.0.